The van der Waals surface area contributed by atoms with Gasteiger partial charge in [0.25, 0.3) is 0 Å². The number of hydrogen-bond donors (Lipinski definition) is 2. The largest absolute Gasteiger partial charge is 0.490 e. The summed E-state index contributed by atoms with van der Waals surface area (Å²) in [7, 11) is 0. The molecule has 30 heavy (non-hydrogen) atoms. The van der Waals surface area contributed by atoms with Gasteiger partial charge in [-0.15, -0.1) is 24.8 Å². The third kappa shape index (κ3) is 6.47. The van der Waals surface area contributed by atoms with E-state index in [4.69, 9.17) is 4.74 Å². The maximum Gasteiger partial charge on any atom is 0.238 e. The second-order valence-electron chi connectivity index (χ2n) is 8.46. The van der Waals surface area contributed by atoms with E-state index in [-0.39, 0.29) is 43.4 Å². The molecular formula is C22H35Cl2N3O3. The van der Waals surface area contributed by atoms with Crippen LogP contribution in [0.25, 0.3) is 0 Å². The lowest BCUT2D eigenvalue weighted by Gasteiger charge is -2.41. The zero-order valence-corrected chi connectivity index (χ0v) is 19.1. The van der Waals surface area contributed by atoms with Gasteiger partial charge in [-0.05, 0) is 69.3 Å². The number of benzene rings is 1. The molecule has 2 heterocycles. The summed E-state index contributed by atoms with van der Waals surface area (Å²) in [6, 6.07) is 8.66. The number of nitrogens with one attached hydrogen (secondary N) is 1. The van der Waals surface area contributed by atoms with Crippen LogP contribution in [0.3, 0.4) is 0 Å². The molecule has 1 aromatic carbocycles. The molecule has 1 aromatic rings. The van der Waals surface area contributed by atoms with Gasteiger partial charge < -0.3 is 20.1 Å². The van der Waals surface area contributed by atoms with Crippen LogP contribution in [-0.2, 0) is 4.79 Å². The number of halogens is 2. The van der Waals surface area contributed by atoms with Crippen LogP contribution in [0.15, 0.2) is 24.3 Å². The van der Waals surface area contributed by atoms with Crippen molar-refractivity contribution in [2.75, 3.05) is 38.1 Å². The number of likely N-dealkylation sites (tertiary alicyclic amines) is 2. The number of aliphatic hydroxyl groups excluding tert-OH is 1. The highest BCUT2D eigenvalue weighted by molar-refractivity contribution is 5.92. The molecule has 0 spiro atoms. The fraction of sp³-hybridized carbons (Fsp3) is 0.682. The predicted octanol–water partition coefficient (Wildman–Crippen LogP) is 3.32. The molecular weight excluding hydrogens is 425 g/mol. The van der Waals surface area contributed by atoms with Crippen LogP contribution in [0.2, 0.25) is 0 Å². The summed E-state index contributed by atoms with van der Waals surface area (Å²) in [5.41, 5.74) is 0.789. The minimum atomic E-state index is -0.0302. The first-order chi connectivity index (χ1) is 13.7. The van der Waals surface area contributed by atoms with Crippen LogP contribution in [0, 0.1) is 0 Å². The Bertz CT molecular complexity index is 650. The highest BCUT2D eigenvalue weighted by atomic mass is 35.5. The van der Waals surface area contributed by atoms with E-state index < -0.39 is 0 Å². The quantitative estimate of drug-likeness (QED) is 0.654. The molecule has 1 unspecified atom stereocenters. The van der Waals surface area contributed by atoms with Crippen molar-refractivity contribution in [2.45, 2.75) is 63.1 Å². The van der Waals surface area contributed by atoms with Gasteiger partial charge in [0.1, 0.15) is 11.9 Å². The molecule has 1 aliphatic carbocycles. The Hall–Kier alpha value is -1.05. The lowest BCUT2D eigenvalue weighted by Crippen LogP contribution is -2.46. The first-order valence-corrected chi connectivity index (χ1v) is 10.9. The lowest BCUT2D eigenvalue weighted by molar-refractivity contribution is -0.117. The fourth-order valence-corrected chi connectivity index (χ4v) is 4.61. The standard InChI is InChI=1S/C22H33N3O3.2ClH/c26-16-19-5-2-12-25(19)15-22(27)23-17-6-8-20(9-7-17)28-21-10-13-24(14-11-21)18-3-1-4-18;;/h6-9,18-19,21,26H,1-5,10-16H2,(H,23,27);2*1H. The number of amides is 1. The van der Waals surface area contributed by atoms with E-state index in [1.807, 2.05) is 24.3 Å². The first kappa shape index (κ1) is 25.2. The molecule has 0 aromatic heterocycles. The van der Waals surface area contributed by atoms with E-state index >= 15 is 0 Å². The minimum Gasteiger partial charge on any atom is -0.490 e. The lowest BCUT2D eigenvalue weighted by atomic mass is 9.90. The number of nitrogens with zero attached hydrogens (tertiary/aromatic N) is 2. The third-order valence-electron chi connectivity index (χ3n) is 6.57. The molecule has 2 saturated heterocycles. The van der Waals surface area contributed by atoms with Gasteiger partial charge in [-0.3, -0.25) is 9.69 Å². The fourth-order valence-electron chi connectivity index (χ4n) is 4.61. The summed E-state index contributed by atoms with van der Waals surface area (Å²) in [4.78, 5) is 17.0. The van der Waals surface area contributed by atoms with Crippen LogP contribution in [0.4, 0.5) is 5.69 Å². The van der Waals surface area contributed by atoms with Gasteiger partial charge in [0.05, 0.1) is 13.2 Å². The number of hydrogen-bond acceptors (Lipinski definition) is 5. The highest BCUT2D eigenvalue weighted by Crippen LogP contribution is 2.28. The van der Waals surface area contributed by atoms with Crippen LogP contribution in [0.1, 0.15) is 44.9 Å². The molecule has 2 aliphatic heterocycles. The monoisotopic (exact) mass is 459 g/mol. The maximum atomic E-state index is 12.3. The summed E-state index contributed by atoms with van der Waals surface area (Å²) in [5, 5.41) is 12.3. The summed E-state index contributed by atoms with van der Waals surface area (Å²) >= 11 is 0. The van der Waals surface area contributed by atoms with Gasteiger partial charge >= 0.3 is 0 Å². The number of piperidine rings is 1. The van der Waals surface area contributed by atoms with Crippen LogP contribution in [0.5, 0.6) is 5.75 Å². The molecule has 1 amide bonds. The van der Waals surface area contributed by atoms with Crippen LogP contribution >= 0.6 is 24.8 Å². The van der Waals surface area contributed by atoms with Gasteiger partial charge in [0, 0.05) is 30.9 Å². The molecule has 2 N–H and O–H groups in total. The maximum absolute atomic E-state index is 12.3. The van der Waals surface area contributed by atoms with E-state index in [1.165, 1.54) is 19.3 Å². The number of ether oxygens (including phenoxy) is 1. The highest BCUT2D eigenvalue weighted by Gasteiger charge is 2.29. The van der Waals surface area contributed by atoms with Crippen molar-refractivity contribution in [1.29, 1.82) is 0 Å². The molecule has 6 nitrogen and oxygen atoms in total. The van der Waals surface area contributed by atoms with Crippen molar-refractivity contribution < 1.29 is 14.6 Å². The van der Waals surface area contributed by atoms with E-state index in [2.05, 4.69) is 15.1 Å². The third-order valence-corrected chi connectivity index (χ3v) is 6.57. The Morgan fingerprint density at radius 3 is 2.30 bits per heavy atom. The molecule has 3 fully saturated rings. The van der Waals surface area contributed by atoms with Crippen LogP contribution in [-0.4, -0.2) is 71.8 Å². The smallest absolute Gasteiger partial charge is 0.238 e. The SMILES string of the molecule is Cl.Cl.O=C(CN1CCCC1CO)Nc1ccc(OC2CCN(C3CCC3)CC2)cc1. The molecule has 170 valence electrons. The van der Waals surface area contributed by atoms with Crippen molar-refractivity contribution in [1.82, 2.24) is 9.80 Å². The molecule has 1 saturated carbocycles. The second-order valence-corrected chi connectivity index (χ2v) is 8.46. The van der Waals surface area contributed by atoms with Gasteiger partial charge in [-0.25, -0.2) is 0 Å². The van der Waals surface area contributed by atoms with Gasteiger partial charge in [-0.1, -0.05) is 6.42 Å². The van der Waals surface area contributed by atoms with Crippen LogP contribution < -0.4 is 10.1 Å². The van der Waals surface area contributed by atoms with E-state index in [0.29, 0.717) is 12.6 Å². The normalized spacial score (nSPS) is 23.2. The Kier molecular flexibility index (Phi) is 10.2. The number of anilines is 1. The Morgan fingerprint density at radius 2 is 1.70 bits per heavy atom. The van der Waals surface area contributed by atoms with Crippen molar-refractivity contribution in [3.63, 3.8) is 0 Å². The summed E-state index contributed by atoms with van der Waals surface area (Å²) in [6.45, 7) is 3.64. The predicted molar refractivity (Wildman–Crippen MR) is 124 cm³/mol. The summed E-state index contributed by atoms with van der Waals surface area (Å²) in [5.74, 6) is 0.845. The molecule has 0 radical (unpaired) electrons. The Labute approximate surface area is 192 Å². The summed E-state index contributed by atoms with van der Waals surface area (Å²) < 4.78 is 6.16. The van der Waals surface area contributed by atoms with E-state index in [9.17, 15) is 9.90 Å². The van der Waals surface area contributed by atoms with Crippen molar-refractivity contribution >= 4 is 36.4 Å². The van der Waals surface area contributed by atoms with Gasteiger partial charge in [-0.2, -0.15) is 0 Å². The second kappa shape index (κ2) is 12.1. The topological polar surface area (TPSA) is 65.0 Å². The summed E-state index contributed by atoms with van der Waals surface area (Å²) in [6.07, 6.45) is 8.63. The number of rotatable bonds is 7. The number of carbonyl (C=O) groups excluding carboxylic acids is 1. The van der Waals surface area contributed by atoms with Crippen molar-refractivity contribution in [3.8, 4) is 5.75 Å². The number of aliphatic hydroxyl groups is 1. The minimum absolute atomic E-state index is 0. The molecule has 0 bridgehead atoms. The zero-order valence-electron chi connectivity index (χ0n) is 17.5. The van der Waals surface area contributed by atoms with Crippen molar-refractivity contribution in [2.24, 2.45) is 0 Å². The average molecular weight is 460 g/mol. The Morgan fingerprint density at radius 1 is 1.00 bits per heavy atom. The van der Waals surface area contributed by atoms with E-state index in [1.54, 1.807) is 0 Å². The van der Waals surface area contributed by atoms with Gasteiger partial charge in [0.15, 0.2) is 0 Å². The Balaban J connectivity index is 0.00000160. The zero-order chi connectivity index (χ0) is 19.3. The van der Waals surface area contributed by atoms with Gasteiger partial charge in [0.2, 0.25) is 5.91 Å². The first-order valence-electron chi connectivity index (χ1n) is 10.9. The molecule has 3 aliphatic rings. The average Bonchev–Trinajstić information content (AvgIpc) is 3.10. The molecule has 8 heteroatoms. The number of carbonyl (C=O) groups is 1. The van der Waals surface area contributed by atoms with Crippen molar-refractivity contribution in [3.05, 3.63) is 24.3 Å². The molecule has 4 rings (SSSR count). The van der Waals surface area contributed by atoms with E-state index in [0.717, 1.165) is 62.8 Å². The molecule has 1 atom stereocenters.